The number of carbonyl (C=O) groups is 1. The molecule has 0 aromatic carbocycles. The quantitative estimate of drug-likeness (QED) is 0.728. The second kappa shape index (κ2) is 3.32. The Kier molecular flexibility index (Phi) is 2.66. The van der Waals surface area contributed by atoms with E-state index in [4.69, 9.17) is 0 Å². The van der Waals surface area contributed by atoms with E-state index in [2.05, 4.69) is 2.64 Å². The van der Waals surface area contributed by atoms with Crippen molar-refractivity contribution in [1.29, 1.82) is 0 Å². The average molecular weight is 328 g/mol. The molecule has 1 heterocycles. The molecule has 0 bridgehead atoms. The van der Waals surface area contributed by atoms with Crippen LogP contribution in [-0.4, -0.2) is 5.97 Å². The van der Waals surface area contributed by atoms with Gasteiger partial charge in [-0.05, 0) is 0 Å². The first-order valence-corrected chi connectivity index (χ1v) is 5.47. The van der Waals surface area contributed by atoms with Gasteiger partial charge in [-0.2, -0.15) is 0 Å². The van der Waals surface area contributed by atoms with E-state index in [1.165, 1.54) is 11.3 Å². The molecule has 0 N–H and O–H groups in total. The van der Waals surface area contributed by atoms with E-state index in [9.17, 15) is 4.79 Å². The molecule has 0 aliphatic rings. The van der Waals surface area contributed by atoms with Gasteiger partial charge in [-0.3, -0.25) is 0 Å². The fraction of sp³-hybridized carbons (Fsp3) is 0. The van der Waals surface area contributed by atoms with Crippen LogP contribution in [0.2, 0.25) is 0 Å². The number of carbonyl (C=O) groups excluding carboxylic acids is 1. The third-order valence-electron chi connectivity index (χ3n) is 0.853. The number of hydrogen-bond acceptors (Lipinski definition) is 3. The van der Waals surface area contributed by atoms with Crippen LogP contribution in [0.1, 0.15) is 9.67 Å². The summed E-state index contributed by atoms with van der Waals surface area (Å²) in [7, 11) is 0. The van der Waals surface area contributed by atoms with E-state index in [1.54, 1.807) is 6.07 Å². The van der Waals surface area contributed by atoms with Gasteiger partial charge < -0.3 is 0 Å². The summed E-state index contributed by atoms with van der Waals surface area (Å²) in [6, 6.07) is 3.60. The topological polar surface area (TPSA) is 26.3 Å². The van der Waals surface area contributed by atoms with Crippen LogP contribution >= 0.6 is 11.3 Å². The van der Waals surface area contributed by atoms with Crippen molar-refractivity contribution in [3.8, 4) is 0 Å². The minimum absolute atomic E-state index is 0.116. The average Bonchev–Trinajstić information content (AvgIpc) is 2.37. The molecule has 0 aliphatic carbocycles. The third-order valence-corrected chi connectivity index (χ3v) is 2.72. The summed E-state index contributed by atoms with van der Waals surface area (Å²) < 4.78 is 4.66. The molecule has 0 spiro atoms. The molecule has 0 radical (unpaired) electrons. The normalized spacial score (nSPS) is 9.11. The van der Waals surface area contributed by atoms with Crippen molar-refractivity contribution in [3.05, 3.63) is 22.4 Å². The van der Waals surface area contributed by atoms with Gasteiger partial charge in [0.15, 0.2) is 0 Å². The van der Waals surface area contributed by atoms with Crippen LogP contribution in [0.15, 0.2) is 17.5 Å². The van der Waals surface area contributed by atoms with Gasteiger partial charge in [0.1, 0.15) is 0 Å². The van der Waals surface area contributed by atoms with Crippen LogP contribution in [0.5, 0.6) is 0 Å². The van der Waals surface area contributed by atoms with Crippen LogP contribution in [0.25, 0.3) is 0 Å². The van der Waals surface area contributed by atoms with E-state index in [0.717, 1.165) is 0 Å². The number of thiophene rings is 1. The van der Waals surface area contributed by atoms with Crippen molar-refractivity contribution in [1.82, 2.24) is 0 Å². The van der Waals surface area contributed by atoms with Gasteiger partial charge in [-0.1, -0.05) is 0 Å². The summed E-state index contributed by atoms with van der Waals surface area (Å²) in [6.07, 6.45) is 0. The Bertz CT molecular complexity index is 195. The molecule has 1 rings (SSSR count). The summed E-state index contributed by atoms with van der Waals surface area (Å²) in [5.74, 6) is -0.173. The summed E-state index contributed by atoms with van der Waals surface area (Å²) in [5, 5.41) is 1.86. The van der Waals surface area contributed by atoms with Gasteiger partial charge in [0, 0.05) is 0 Å². The zero-order valence-electron chi connectivity index (χ0n) is 4.66. The van der Waals surface area contributed by atoms with Crippen LogP contribution in [0, 0.1) is 0 Å². The molecule has 0 amide bonds. The molecule has 43 valence electrons. The second-order valence-corrected chi connectivity index (χ2v) is 3.48. The predicted octanol–water partition coefficient (Wildman–Crippen LogP) is 1.37. The molecule has 0 fully saturated rings. The SMILES string of the molecule is O=C([O][Hg])c1cccs1. The van der Waals surface area contributed by atoms with Gasteiger partial charge in [0.05, 0.1) is 0 Å². The molecule has 0 unspecified atom stereocenters. The fourth-order valence-corrected chi connectivity index (χ4v) is 2.09. The van der Waals surface area contributed by atoms with E-state index in [0.29, 0.717) is 4.88 Å². The summed E-state index contributed by atoms with van der Waals surface area (Å²) in [4.78, 5) is 11.4. The molecule has 2 nitrogen and oxygen atoms in total. The molecule has 0 saturated carbocycles. The van der Waals surface area contributed by atoms with Crippen molar-refractivity contribution < 1.29 is 34.0 Å². The summed E-state index contributed by atoms with van der Waals surface area (Å²) in [5.41, 5.74) is 0. The monoisotopic (exact) mass is 329 g/mol. The maximum atomic E-state index is 10.7. The Hall–Kier alpha value is 0.105. The Labute approximate surface area is 73.5 Å². The van der Waals surface area contributed by atoms with Crippen molar-refractivity contribution in [2.45, 2.75) is 0 Å². The van der Waals surface area contributed by atoms with E-state index in [-0.39, 0.29) is 32.5 Å². The van der Waals surface area contributed by atoms with Gasteiger partial charge in [-0.25, -0.2) is 0 Å². The first kappa shape index (κ1) is 7.21. The molecule has 4 heteroatoms. The molecule has 0 aliphatic heterocycles. The van der Waals surface area contributed by atoms with Gasteiger partial charge >= 0.3 is 73.7 Å². The number of rotatable bonds is 1. The Morgan fingerprint density at radius 2 is 2.56 bits per heavy atom. The van der Waals surface area contributed by atoms with Crippen molar-refractivity contribution in [2.75, 3.05) is 0 Å². The Morgan fingerprint density at radius 1 is 1.78 bits per heavy atom. The first-order valence-electron chi connectivity index (χ1n) is 2.34. The molecule has 9 heavy (non-hydrogen) atoms. The third kappa shape index (κ3) is 1.76. The Balaban J connectivity index is 2.77. The Morgan fingerprint density at radius 3 is 3.00 bits per heavy atom. The molecule has 1 aromatic heterocycles. The van der Waals surface area contributed by atoms with E-state index < -0.39 is 0 Å². The van der Waals surface area contributed by atoms with E-state index >= 15 is 0 Å². The van der Waals surface area contributed by atoms with Crippen LogP contribution in [-0.2, 0) is 29.2 Å². The molecule has 0 atom stereocenters. The molecule has 0 saturated heterocycles. The summed E-state index contributed by atoms with van der Waals surface area (Å²) >= 11 is 1.53. The van der Waals surface area contributed by atoms with Gasteiger partial charge in [0.25, 0.3) is 0 Å². The van der Waals surface area contributed by atoms with Gasteiger partial charge in [0.2, 0.25) is 0 Å². The van der Waals surface area contributed by atoms with Crippen LogP contribution in [0.4, 0.5) is 0 Å². The zero-order valence-corrected chi connectivity index (χ0v) is 11.0. The zero-order chi connectivity index (χ0) is 6.69. The predicted molar refractivity (Wildman–Crippen MR) is 29.7 cm³/mol. The second-order valence-electron chi connectivity index (χ2n) is 1.41. The van der Waals surface area contributed by atoms with E-state index in [1.807, 2.05) is 11.4 Å². The maximum absolute atomic E-state index is 10.7. The number of hydrogen-bond donors (Lipinski definition) is 0. The van der Waals surface area contributed by atoms with Crippen molar-refractivity contribution >= 4 is 17.3 Å². The standard InChI is InChI=1S/C5H4O2S.Hg/c6-5(7)4-2-1-3-8-4;/h1-3H,(H,6,7);/q;+1/p-1. The summed E-state index contributed by atoms with van der Waals surface area (Å²) in [6.45, 7) is 0. The molecular weight excluding hydrogens is 325 g/mol. The van der Waals surface area contributed by atoms with Crippen molar-refractivity contribution in [2.24, 2.45) is 0 Å². The fourth-order valence-electron chi connectivity index (χ4n) is 0.466. The van der Waals surface area contributed by atoms with Gasteiger partial charge in [-0.15, -0.1) is 0 Å². The van der Waals surface area contributed by atoms with Crippen LogP contribution < -0.4 is 0 Å². The first-order chi connectivity index (χ1) is 4.34. The molecule has 1 aromatic rings. The van der Waals surface area contributed by atoms with Crippen LogP contribution in [0.3, 0.4) is 0 Å². The molecular formula is C5H3HgO2S. The minimum atomic E-state index is -0.173. The van der Waals surface area contributed by atoms with Crippen molar-refractivity contribution in [3.63, 3.8) is 0 Å².